The summed E-state index contributed by atoms with van der Waals surface area (Å²) < 4.78 is 5.90. The first kappa shape index (κ1) is 20.1. The number of hydrogen-bond acceptors (Lipinski definition) is 5. The van der Waals surface area contributed by atoms with Crippen LogP contribution in [0.2, 0.25) is 0 Å². The number of H-pyrrole nitrogens is 1. The number of aromatic amines is 1. The number of pyridine rings is 1. The summed E-state index contributed by atoms with van der Waals surface area (Å²) >= 11 is 0. The first-order chi connectivity index (χ1) is 14.7. The average molecular weight is 406 g/mol. The van der Waals surface area contributed by atoms with Crippen LogP contribution in [0, 0.1) is 0 Å². The molecular formula is C23H26N4O3. The number of ether oxygens (including phenoxy) is 1. The molecule has 1 amide bonds. The second kappa shape index (κ2) is 9.52. The van der Waals surface area contributed by atoms with Crippen molar-refractivity contribution in [2.75, 3.05) is 0 Å². The van der Waals surface area contributed by atoms with Crippen molar-refractivity contribution in [2.24, 2.45) is 0 Å². The van der Waals surface area contributed by atoms with E-state index in [9.17, 15) is 9.59 Å². The van der Waals surface area contributed by atoms with Crippen LogP contribution in [0.1, 0.15) is 44.3 Å². The monoisotopic (exact) mass is 406 g/mol. The third kappa shape index (κ3) is 5.23. The Morgan fingerprint density at radius 1 is 1.10 bits per heavy atom. The average Bonchev–Trinajstić information content (AvgIpc) is 2.76. The number of hydrogen-bond donors (Lipinski definition) is 2. The quantitative estimate of drug-likeness (QED) is 0.628. The standard InChI is InChI=1S/C23H26N4O3/c28-21(9-5-8-20-26-19-7-2-1-6-18(19)23(29)27-20)25-16-11-13-17(14-12-16)30-22-10-3-4-15-24-22/h1-4,6-7,10,15-17H,5,8-9,11-14H2,(H,25,28)(H,26,27,29)/t16-,17-. The Hall–Kier alpha value is -3.22. The SMILES string of the molecule is O=C(CCCc1nc2ccccc2c(=O)[nH]1)N[C@H]1CC[C@H](Oc2ccccn2)CC1. The number of amides is 1. The van der Waals surface area contributed by atoms with Gasteiger partial charge in [-0.05, 0) is 50.3 Å². The van der Waals surface area contributed by atoms with Crippen molar-refractivity contribution in [1.82, 2.24) is 20.3 Å². The highest BCUT2D eigenvalue weighted by molar-refractivity contribution is 5.77. The molecule has 4 rings (SSSR count). The molecule has 0 unspecified atom stereocenters. The first-order valence-electron chi connectivity index (χ1n) is 10.5. The molecule has 3 aromatic rings. The molecule has 1 aromatic carbocycles. The van der Waals surface area contributed by atoms with Crippen molar-refractivity contribution < 1.29 is 9.53 Å². The van der Waals surface area contributed by atoms with Gasteiger partial charge in [0.1, 0.15) is 11.9 Å². The van der Waals surface area contributed by atoms with E-state index in [0.717, 1.165) is 25.7 Å². The fourth-order valence-corrected chi connectivity index (χ4v) is 3.88. The van der Waals surface area contributed by atoms with Crippen molar-refractivity contribution in [3.05, 3.63) is 64.8 Å². The number of carbonyl (C=O) groups is 1. The van der Waals surface area contributed by atoms with E-state index in [1.165, 1.54) is 0 Å². The van der Waals surface area contributed by atoms with E-state index in [0.29, 0.717) is 41.9 Å². The van der Waals surface area contributed by atoms with Crippen LogP contribution < -0.4 is 15.6 Å². The van der Waals surface area contributed by atoms with Crippen LogP contribution in [-0.4, -0.2) is 33.0 Å². The van der Waals surface area contributed by atoms with Gasteiger partial charge in [0.25, 0.3) is 5.56 Å². The van der Waals surface area contributed by atoms with Gasteiger partial charge in [0, 0.05) is 31.1 Å². The van der Waals surface area contributed by atoms with Crippen molar-refractivity contribution >= 4 is 16.8 Å². The third-order valence-corrected chi connectivity index (χ3v) is 5.44. The number of aromatic nitrogens is 3. The normalized spacial score (nSPS) is 18.8. The molecule has 0 spiro atoms. The molecule has 2 aromatic heterocycles. The van der Waals surface area contributed by atoms with E-state index in [1.54, 1.807) is 12.3 Å². The summed E-state index contributed by atoms with van der Waals surface area (Å²) in [6.07, 6.45) is 7.14. The molecule has 0 saturated heterocycles. The smallest absolute Gasteiger partial charge is 0.258 e. The molecule has 0 radical (unpaired) electrons. The fourth-order valence-electron chi connectivity index (χ4n) is 3.88. The molecule has 1 fully saturated rings. The van der Waals surface area contributed by atoms with Gasteiger partial charge in [-0.25, -0.2) is 9.97 Å². The summed E-state index contributed by atoms with van der Waals surface area (Å²) in [4.78, 5) is 35.9. The zero-order valence-corrected chi connectivity index (χ0v) is 16.8. The topological polar surface area (TPSA) is 97.0 Å². The predicted molar refractivity (Wildman–Crippen MR) is 114 cm³/mol. The molecule has 2 heterocycles. The second-order valence-corrected chi connectivity index (χ2v) is 7.71. The molecule has 30 heavy (non-hydrogen) atoms. The van der Waals surface area contributed by atoms with Crippen LogP contribution in [0.15, 0.2) is 53.5 Å². The van der Waals surface area contributed by atoms with Gasteiger partial charge in [0.05, 0.1) is 10.9 Å². The minimum atomic E-state index is -0.135. The lowest BCUT2D eigenvalue weighted by Crippen LogP contribution is -2.39. The van der Waals surface area contributed by atoms with Crippen LogP contribution in [0.3, 0.4) is 0 Å². The zero-order valence-electron chi connectivity index (χ0n) is 16.8. The van der Waals surface area contributed by atoms with E-state index in [2.05, 4.69) is 20.3 Å². The lowest BCUT2D eigenvalue weighted by molar-refractivity contribution is -0.122. The van der Waals surface area contributed by atoms with Crippen molar-refractivity contribution in [2.45, 2.75) is 57.1 Å². The molecule has 0 aliphatic heterocycles. The Balaban J connectivity index is 1.19. The summed E-state index contributed by atoms with van der Waals surface area (Å²) in [5.74, 6) is 1.33. The lowest BCUT2D eigenvalue weighted by atomic mass is 9.93. The Morgan fingerprint density at radius 3 is 2.70 bits per heavy atom. The van der Waals surface area contributed by atoms with Gasteiger partial charge in [-0.1, -0.05) is 18.2 Å². The lowest BCUT2D eigenvalue weighted by Gasteiger charge is -2.29. The van der Waals surface area contributed by atoms with Gasteiger partial charge in [0.2, 0.25) is 11.8 Å². The summed E-state index contributed by atoms with van der Waals surface area (Å²) in [7, 11) is 0. The van der Waals surface area contributed by atoms with E-state index in [1.807, 2.05) is 36.4 Å². The molecule has 7 heteroatoms. The molecule has 0 atom stereocenters. The molecule has 1 aliphatic rings. The van der Waals surface area contributed by atoms with E-state index < -0.39 is 0 Å². The van der Waals surface area contributed by atoms with Crippen molar-refractivity contribution in [3.8, 4) is 5.88 Å². The second-order valence-electron chi connectivity index (χ2n) is 7.71. The highest BCUT2D eigenvalue weighted by atomic mass is 16.5. The van der Waals surface area contributed by atoms with Gasteiger partial charge in [-0.15, -0.1) is 0 Å². The number of benzene rings is 1. The molecule has 2 N–H and O–H groups in total. The summed E-state index contributed by atoms with van der Waals surface area (Å²) in [5.41, 5.74) is 0.551. The number of nitrogens with one attached hydrogen (secondary N) is 2. The summed E-state index contributed by atoms with van der Waals surface area (Å²) in [5, 5.41) is 3.71. The van der Waals surface area contributed by atoms with E-state index in [4.69, 9.17) is 4.74 Å². The number of para-hydroxylation sites is 1. The van der Waals surface area contributed by atoms with Crippen LogP contribution in [0.5, 0.6) is 5.88 Å². The van der Waals surface area contributed by atoms with E-state index in [-0.39, 0.29) is 23.6 Å². The third-order valence-electron chi connectivity index (χ3n) is 5.44. The van der Waals surface area contributed by atoms with Gasteiger partial charge < -0.3 is 15.0 Å². The van der Waals surface area contributed by atoms with Gasteiger partial charge in [0.15, 0.2) is 0 Å². The largest absolute Gasteiger partial charge is 0.474 e. The molecule has 1 saturated carbocycles. The van der Waals surface area contributed by atoms with Gasteiger partial charge in [-0.2, -0.15) is 0 Å². The van der Waals surface area contributed by atoms with Gasteiger partial charge in [-0.3, -0.25) is 9.59 Å². The number of carbonyl (C=O) groups excluding carboxylic acids is 1. The molecule has 7 nitrogen and oxygen atoms in total. The van der Waals surface area contributed by atoms with Crippen molar-refractivity contribution in [3.63, 3.8) is 0 Å². The zero-order chi connectivity index (χ0) is 20.8. The maximum atomic E-state index is 12.3. The molecule has 0 bridgehead atoms. The number of rotatable bonds is 7. The summed E-state index contributed by atoms with van der Waals surface area (Å²) in [6.45, 7) is 0. The predicted octanol–water partition coefficient (Wildman–Crippen LogP) is 3.15. The van der Waals surface area contributed by atoms with Crippen LogP contribution >= 0.6 is 0 Å². The number of aryl methyl sites for hydroxylation is 1. The van der Waals surface area contributed by atoms with E-state index >= 15 is 0 Å². The highest BCUT2D eigenvalue weighted by Gasteiger charge is 2.23. The minimum absolute atomic E-state index is 0.0484. The maximum Gasteiger partial charge on any atom is 0.258 e. The number of nitrogens with zero attached hydrogens (tertiary/aromatic N) is 2. The van der Waals surface area contributed by atoms with Gasteiger partial charge >= 0.3 is 0 Å². The van der Waals surface area contributed by atoms with Crippen LogP contribution in [0.25, 0.3) is 10.9 Å². The Kier molecular flexibility index (Phi) is 6.37. The number of fused-ring (bicyclic) bond motifs is 1. The Labute approximate surface area is 174 Å². The maximum absolute atomic E-state index is 12.3. The van der Waals surface area contributed by atoms with Crippen LogP contribution in [-0.2, 0) is 11.2 Å². The molecule has 156 valence electrons. The molecular weight excluding hydrogens is 380 g/mol. The first-order valence-corrected chi connectivity index (χ1v) is 10.5. The molecule has 1 aliphatic carbocycles. The summed E-state index contributed by atoms with van der Waals surface area (Å²) in [6, 6.07) is 13.1. The Bertz CT molecular complexity index is 1040. The highest BCUT2D eigenvalue weighted by Crippen LogP contribution is 2.23. The Morgan fingerprint density at radius 2 is 1.90 bits per heavy atom. The van der Waals surface area contributed by atoms with Crippen LogP contribution in [0.4, 0.5) is 0 Å². The minimum Gasteiger partial charge on any atom is -0.474 e. The van der Waals surface area contributed by atoms with Crippen molar-refractivity contribution in [1.29, 1.82) is 0 Å². The fraction of sp³-hybridized carbons (Fsp3) is 0.391.